The lowest BCUT2D eigenvalue weighted by Crippen LogP contribution is -2.22. The lowest BCUT2D eigenvalue weighted by molar-refractivity contribution is 0.546. The summed E-state index contributed by atoms with van der Waals surface area (Å²) in [5, 5.41) is 0. The molecule has 2 rings (SSSR count). The Morgan fingerprint density at radius 2 is 1.76 bits per heavy atom. The minimum Gasteiger partial charge on any atom is -0.383 e. The van der Waals surface area contributed by atoms with Crippen molar-refractivity contribution in [1.82, 2.24) is 9.97 Å². The zero-order valence-electron chi connectivity index (χ0n) is 13.7. The Labute approximate surface area is 127 Å². The molecular weight excluding hydrogens is 260 g/mol. The molecule has 4 heteroatoms. The van der Waals surface area contributed by atoms with Crippen LogP contribution in [0.4, 0.5) is 17.3 Å². The first-order valence-electron chi connectivity index (χ1n) is 7.15. The molecule has 0 aliphatic heterocycles. The summed E-state index contributed by atoms with van der Waals surface area (Å²) in [5.74, 6) is 2.17. The summed E-state index contributed by atoms with van der Waals surface area (Å²) >= 11 is 0. The molecule has 1 aromatic heterocycles. The second-order valence-corrected chi connectivity index (χ2v) is 6.53. The standard InChI is InChI=1S/C17H24N4/c1-11-8-7-9-13(10-11)21(6)15-12(2)14(18)19-16(20-15)17(3,4)5/h7-10H,1-6H3,(H2,18,19,20). The first-order chi connectivity index (χ1) is 9.70. The molecule has 0 unspecified atom stereocenters. The molecule has 1 heterocycles. The molecule has 2 aromatic rings. The third kappa shape index (κ3) is 3.15. The Hall–Kier alpha value is -2.10. The van der Waals surface area contributed by atoms with E-state index < -0.39 is 0 Å². The summed E-state index contributed by atoms with van der Waals surface area (Å²) in [4.78, 5) is 11.2. The minimum atomic E-state index is -0.135. The zero-order valence-corrected chi connectivity index (χ0v) is 13.7. The molecule has 0 bridgehead atoms. The Morgan fingerprint density at radius 1 is 1.10 bits per heavy atom. The van der Waals surface area contributed by atoms with Crippen LogP contribution in [0, 0.1) is 13.8 Å². The smallest absolute Gasteiger partial charge is 0.141 e. The van der Waals surface area contributed by atoms with Gasteiger partial charge in [-0.25, -0.2) is 9.97 Å². The van der Waals surface area contributed by atoms with E-state index in [1.54, 1.807) is 0 Å². The van der Waals surface area contributed by atoms with E-state index in [0.717, 1.165) is 22.9 Å². The van der Waals surface area contributed by atoms with Crippen molar-refractivity contribution in [2.45, 2.75) is 40.0 Å². The fourth-order valence-electron chi connectivity index (χ4n) is 2.14. The van der Waals surface area contributed by atoms with E-state index in [1.807, 2.05) is 20.0 Å². The summed E-state index contributed by atoms with van der Waals surface area (Å²) < 4.78 is 0. The van der Waals surface area contributed by atoms with Crippen molar-refractivity contribution in [1.29, 1.82) is 0 Å². The number of rotatable bonds is 2. The number of nitrogen functional groups attached to an aromatic ring is 1. The molecule has 0 atom stereocenters. The van der Waals surface area contributed by atoms with E-state index in [-0.39, 0.29) is 5.41 Å². The minimum absolute atomic E-state index is 0.135. The van der Waals surface area contributed by atoms with Gasteiger partial charge >= 0.3 is 0 Å². The molecule has 112 valence electrons. The third-order valence-corrected chi connectivity index (χ3v) is 3.54. The van der Waals surface area contributed by atoms with Crippen molar-refractivity contribution in [3.63, 3.8) is 0 Å². The van der Waals surface area contributed by atoms with E-state index >= 15 is 0 Å². The van der Waals surface area contributed by atoms with Crippen LogP contribution in [0.15, 0.2) is 24.3 Å². The zero-order chi connectivity index (χ0) is 15.8. The summed E-state index contributed by atoms with van der Waals surface area (Å²) in [5.41, 5.74) is 9.17. The Bertz CT molecular complexity index is 656. The van der Waals surface area contributed by atoms with Crippen molar-refractivity contribution in [2.75, 3.05) is 17.7 Å². The number of anilines is 3. The molecule has 0 spiro atoms. The van der Waals surface area contributed by atoms with Crippen LogP contribution in [0.5, 0.6) is 0 Å². The quantitative estimate of drug-likeness (QED) is 0.912. The Morgan fingerprint density at radius 3 is 2.33 bits per heavy atom. The number of nitrogens with zero attached hydrogens (tertiary/aromatic N) is 3. The monoisotopic (exact) mass is 284 g/mol. The lowest BCUT2D eigenvalue weighted by Gasteiger charge is -2.25. The highest BCUT2D eigenvalue weighted by molar-refractivity contribution is 5.66. The molecule has 0 aliphatic carbocycles. The lowest BCUT2D eigenvalue weighted by atomic mass is 9.95. The number of aryl methyl sites for hydroxylation is 1. The van der Waals surface area contributed by atoms with Gasteiger partial charge in [0.1, 0.15) is 17.5 Å². The van der Waals surface area contributed by atoms with Gasteiger partial charge in [0.05, 0.1) is 0 Å². The van der Waals surface area contributed by atoms with Gasteiger partial charge in [-0.15, -0.1) is 0 Å². The number of hydrogen-bond donors (Lipinski definition) is 1. The van der Waals surface area contributed by atoms with E-state index in [0.29, 0.717) is 5.82 Å². The molecule has 0 saturated heterocycles. The highest BCUT2D eigenvalue weighted by Crippen LogP contribution is 2.30. The average molecular weight is 284 g/mol. The summed E-state index contributed by atoms with van der Waals surface area (Å²) in [6.45, 7) is 10.3. The highest BCUT2D eigenvalue weighted by Gasteiger charge is 2.22. The summed E-state index contributed by atoms with van der Waals surface area (Å²) in [6, 6.07) is 8.33. The van der Waals surface area contributed by atoms with Gasteiger partial charge in [-0.2, -0.15) is 0 Å². The maximum Gasteiger partial charge on any atom is 0.141 e. The SMILES string of the molecule is Cc1cccc(N(C)c2nc(C(C)(C)C)nc(N)c2C)c1. The number of nitrogens with two attached hydrogens (primary N) is 1. The van der Waals surface area contributed by atoms with Crippen LogP contribution in [0.25, 0.3) is 0 Å². The fraction of sp³-hybridized carbons (Fsp3) is 0.412. The van der Waals surface area contributed by atoms with Gasteiger partial charge in [-0.3, -0.25) is 0 Å². The molecule has 1 aromatic carbocycles. The van der Waals surface area contributed by atoms with Crippen molar-refractivity contribution >= 4 is 17.3 Å². The van der Waals surface area contributed by atoms with Gasteiger partial charge < -0.3 is 10.6 Å². The first kappa shape index (κ1) is 15.3. The van der Waals surface area contributed by atoms with Crippen LogP contribution in [0.1, 0.15) is 37.7 Å². The second-order valence-electron chi connectivity index (χ2n) is 6.53. The maximum absolute atomic E-state index is 6.09. The van der Waals surface area contributed by atoms with Crippen LogP contribution < -0.4 is 10.6 Å². The van der Waals surface area contributed by atoms with Gasteiger partial charge in [-0.05, 0) is 31.5 Å². The van der Waals surface area contributed by atoms with Crippen molar-refractivity contribution in [3.05, 3.63) is 41.2 Å². The van der Waals surface area contributed by atoms with Crippen LogP contribution >= 0.6 is 0 Å². The molecule has 0 fully saturated rings. The van der Waals surface area contributed by atoms with E-state index in [2.05, 4.69) is 55.8 Å². The molecule has 2 N–H and O–H groups in total. The van der Waals surface area contributed by atoms with E-state index in [4.69, 9.17) is 10.7 Å². The normalized spacial score (nSPS) is 11.5. The van der Waals surface area contributed by atoms with Crippen LogP contribution in [-0.4, -0.2) is 17.0 Å². The van der Waals surface area contributed by atoms with Gasteiger partial charge in [0, 0.05) is 23.7 Å². The van der Waals surface area contributed by atoms with Gasteiger partial charge in [0.15, 0.2) is 0 Å². The Balaban J connectivity index is 2.55. The van der Waals surface area contributed by atoms with Gasteiger partial charge in [-0.1, -0.05) is 32.9 Å². The summed E-state index contributed by atoms with van der Waals surface area (Å²) in [6.07, 6.45) is 0. The third-order valence-electron chi connectivity index (χ3n) is 3.54. The predicted octanol–water partition coefficient (Wildman–Crippen LogP) is 3.74. The van der Waals surface area contributed by atoms with Crippen molar-refractivity contribution in [2.24, 2.45) is 0 Å². The van der Waals surface area contributed by atoms with Gasteiger partial charge in [0.25, 0.3) is 0 Å². The topological polar surface area (TPSA) is 55.0 Å². The van der Waals surface area contributed by atoms with Crippen molar-refractivity contribution < 1.29 is 0 Å². The second kappa shape index (κ2) is 5.35. The number of aromatic nitrogens is 2. The first-order valence-corrected chi connectivity index (χ1v) is 7.15. The molecule has 4 nitrogen and oxygen atoms in total. The molecule has 0 amide bonds. The molecule has 0 aliphatic rings. The average Bonchev–Trinajstić information content (AvgIpc) is 2.39. The van der Waals surface area contributed by atoms with Gasteiger partial charge in [0.2, 0.25) is 0 Å². The maximum atomic E-state index is 6.09. The number of benzene rings is 1. The molecule has 21 heavy (non-hydrogen) atoms. The molecular formula is C17H24N4. The number of hydrogen-bond acceptors (Lipinski definition) is 4. The fourth-order valence-corrected chi connectivity index (χ4v) is 2.14. The predicted molar refractivity (Wildman–Crippen MR) is 89.1 cm³/mol. The Kier molecular flexibility index (Phi) is 3.90. The highest BCUT2D eigenvalue weighted by atomic mass is 15.2. The van der Waals surface area contributed by atoms with Crippen LogP contribution in [0.3, 0.4) is 0 Å². The van der Waals surface area contributed by atoms with E-state index in [1.165, 1.54) is 5.56 Å². The van der Waals surface area contributed by atoms with E-state index in [9.17, 15) is 0 Å². The summed E-state index contributed by atoms with van der Waals surface area (Å²) in [7, 11) is 2.01. The van der Waals surface area contributed by atoms with Crippen LogP contribution in [-0.2, 0) is 5.41 Å². The molecule has 0 saturated carbocycles. The molecule has 0 radical (unpaired) electrons. The van der Waals surface area contributed by atoms with Crippen molar-refractivity contribution in [3.8, 4) is 0 Å². The van der Waals surface area contributed by atoms with Crippen LogP contribution in [0.2, 0.25) is 0 Å². The largest absolute Gasteiger partial charge is 0.383 e.